The molecular weight excluding hydrogens is 232 g/mol. The Balaban J connectivity index is 2.57. The number of amides is 1. The molecule has 2 N–H and O–H groups in total. The summed E-state index contributed by atoms with van der Waals surface area (Å²) in [6.45, 7) is 9.97. The van der Waals surface area contributed by atoms with Crippen molar-refractivity contribution >= 4 is 6.09 Å². The van der Waals surface area contributed by atoms with Crippen molar-refractivity contribution in [2.24, 2.45) is 0 Å². The molecule has 5 heteroatoms. The number of aliphatic hydroxyl groups is 1. The van der Waals surface area contributed by atoms with Crippen LogP contribution >= 0.6 is 0 Å². The number of hydrogen-bond donors (Lipinski definition) is 2. The zero-order valence-corrected chi connectivity index (χ0v) is 11.9. The highest BCUT2D eigenvalue weighted by molar-refractivity contribution is 5.66. The van der Waals surface area contributed by atoms with Crippen LogP contribution in [-0.2, 0) is 0 Å². The van der Waals surface area contributed by atoms with Crippen LogP contribution in [0.4, 0.5) is 4.79 Å². The average Bonchev–Trinajstić information content (AvgIpc) is 2.17. The molecule has 0 saturated carbocycles. The van der Waals surface area contributed by atoms with Gasteiger partial charge in [0.15, 0.2) is 0 Å². The second-order valence-electron chi connectivity index (χ2n) is 6.20. The Morgan fingerprint density at radius 1 is 1.39 bits per heavy atom. The maximum Gasteiger partial charge on any atom is 0.407 e. The Kier molecular flexibility index (Phi) is 4.99. The quantitative estimate of drug-likeness (QED) is 0.807. The molecular formula is C13H26N2O3. The summed E-state index contributed by atoms with van der Waals surface area (Å²) in [7, 11) is 0. The third kappa shape index (κ3) is 4.14. The van der Waals surface area contributed by atoms with E-state index in [1.165, 1.54) is 0 Å². The lowest BCUT2D eigenvalue weighted by molar-refractivity contribution is 0.0329. The standard InChI is InChI=1S/C13H26N2O3/c1-10(16)9-14-7-5-11(6-8-14)15(12(17)18)13(2,3)4/h10-11,16H,5-9H2,1-4H3,(H,17,18). The fraction of sp³-hybridized carbons (Fsp3) is 0.923. The molecule has 1 rings (SSSR count). The number of β-amino-alcohol motifs (C(OH)–C–C–N with tert-alkyl or cyclic N) is 1. The molecule has 0 radical (unpaired) electrons. The summed E-state index contributed by atoms with van der Waals surface area (Å²) in [6.07, 6.45) is 0.531. The highest BCUT2D eigenvalue weighted by atomic mass is 16.4. The fourth-order valence-electron chi connectivity index (χ4n) is 2.72. The number of likely N-dealkylation sites (tertiary alicyclic amines) is 1. The van der Waals surface area contributed by atoms with Gasteiger partial charge in [-0.3, -0.25) is 0 Å². The largest absolute Gasteiger partial charge is 0.465 e. The average molecular weight is 258 g/mol. The van der Waals surface area contributed by atoms with E-state index in [2.05, 4.69) is 4.90 Å². The topological polar surface area (TPSA) is 64.0 Å². The monoisotopic (exact) mass is 258 g/mol. The lowest BCUT2D eigenvalue weighted by Gasteiger charge is -2.43. The highest BCUT2D eigenvalue weighted by Gasteiger charge is 2.35. The van der Waals surface area contributed by atoms with Crippen molar-refractivity contribution in [2.45, 2.75) is 58.2 Å². The van der Waals surface area contributed by atoms with Crippen molar-refractivity contribution < 1.29 is 15.0 Å². The minimum absolute atomic E-state index is 0.0905. The lowest BCUT2D eigenvalue weighted by atomic mass is 9.97. The maximum atomic E-state index is 11.4. The number of carbonyl (C=O) groups is 1. The summed E-state index contributed by atoms with van der Waals surface area (Å²) in [5.74, 6) is 0. The molecule has 18 heavy (non-hydrogen) atoms. The molecule has 106 valence electrons. The highest BCUT2D eigenvalue weighted by Crippen LogP contribution is 2.24. The van der Waals surface area contributed by atoms with Gasteiger partial charge in [-0.05, 0) is 40.5 Å². The van der Waals surface area contributed by atoms with Crippen LogP contribution in [0.3, 0.4) is 0 Å². The fourth-order valence-corrected chi connectivity index (χ4v) is 2.72. The molecule has 0 aromatic heterocycles. The van der Waals surface area contributed by atoms with Crippen LogP contribution < -0.4 is 0 Å². The number of hydrogen-bond acceptors (Lipinski definition) is 3. The van der Waals surface area contributed by atoms with Gasteiger partial charge in [0, 0.05) is 31.2 Å². The minimum atomic E-state index is -0.837. The summed E-state index contributed by atoms with van der Waals surface area (Å²) in [4.78, 5) is 15.2. The van der Waals surface area contributed by atoms with Gasteiger partial charge in [-0.15, -0.1) is 0 Å². The molecule has 1 aliphatic rings. The van der Waals surface area contributed by atoms with E-state index < -0.39 is 6.09 Å². The van der Waals surface area contributed by atoms with Crippen molar-refractivity contribution in [1.29, 1.82) is 0 Å². The van der Waals surface area contributed by atoms with Crippen LogP contribution in [0.25, 0.3) is 0 Å². The van der Waals surface area contributed by atoms with Gasteiger partial charge in [-0.1, -0.05) is 0 Å². The van der Waals surface area contributed by atoms with Crippen LogP contribution in [-0.4, -0.2) is 63.4 Å². The Morgan fingerprint density at radius 2 is 1.89 bits per heavy atom. The number of piperidine rings is 1. The summed E-state index contributed by atoms with van der Waals surface area (Å²) in [5.41, 5.74) is -0.358. The van der Waals surface area contributed by atoms with Gasteiger partial charge in [0.25, 0.3) is 0 Å². The zero-order valence-electron chi connectivity index (χ0n) is 11.9. The second kappa shape index (κ2) is 5.89. The van der Waals surface area contributed by atoms with Gasteiger partial charge in [0.2, 0.25) is 0 Å². The van der Waals surface area contributed by atoms with Crippen LogP contribution in [0, 0.1) is 0 Å². The van der Waals surface area contributed by atoms with Gasteiger partial charge >= 0.3 is 6.09 Å². The minimum Gasteiger partial charge on any atom is -0.465 e. The summed E-state index contributed by atoms with van der Waals surface area (Å²) < 4.78 is 0. The molecule has 1 heterocycles. The van der Waals surface area contributed by atoms with E-state index in [0.29, 0.717) is 6.54 Å². The van der Waals surface area contributed by atoms with Crippen LogP contribution in [0.2, 0.25) is 0 Å². The molecule has 1 aliphatic heterocycles. The summed E-state index contributed by atoms with van der Waals surface area (Å²) >= 11 is 0. The van der Waals surface area contributed by atoms with Gasteiger partial charge in [0.1, 0.15) is 0 Å². The van der Waals surface area contributed by atoms with E-state index in [9.17, 15) is 15.0 Å². The van der Waals surface area contributed by atoms with Crippen molar-refractivity contribution in [2.75, 3.05) is 19.6 Å². The van der Waals surface area contributed by atoms with E-state index in [-0.39, 0.29) is 17.7 Å². The molecule has 1 atom stereocenters. The Labute approximate surface area is 109 Å². The molecule has 0 aromatic carbocycles. The number of carboxylic acid groups (broad SMARTS) is 1. The summed E-state index contributed by atoms with van der Waals surface area (Å²) in [5, 5.41) is 18.7. The summed E-state index contributed by atoms with van der Waals surface area (Å²) in [6, 6.07) is 0.0905. The van der Waals surface area contributed by atoms with Crippen molar-refractivity contribution in [1.82, 2.24) is 9.80 Å². The molecule has 1 fully saturated rings. The van der Waals surface area contributed by atoms with Crippen LogP contribution in [0.15, 0.2) is 0 Å². The SMILES string of the molecule is CC(O)CN1CCC(N(C(=O)O)C(C)(C)C)CC1. The van der Waals surface area contributed by atoms with Gasteiger partial charge in [0.05, 0.1) is 6.10 Å². The van der Waals surface area contributed by atoms with Crippen molar-refractivity contribution in [3.8, 4) is 0 Å². The first-order valence-electron chi connectivity index (χ1n) is 6.64. The van der Waals surface area contributed by atoms with E-state index in [1.807, 2.05) is 20.8 Å². The molecule has 0 spiro atoms. The third-order valence-corrected chi connectivity index (χ3v) is 3.37. The van der Waals surface area contributed by atoms with Crippen molar-refractivity contribution in [3.05, 3.63) is 0 Å². The predicted octanol–water partition coefficient (Wildman–Crippen LogP) is 1.61. The first kappa shape index (κ1) is 15.2. The number of nitrogens with zero attached hydrogens (tertiary/aromatic N) is 2. The number of rotatable bonds is 3. The molecule has 0 bridgehead atoms. The zero-order chi connectivity index (χ0) is 13.9. The second-order valence-corrected chi connectivity index (χ2v) is 6.20. The van der Waals surface area contributed by atoms with Gasteiger partial charge in [-0.2, -0.15) is 0 Å². The first-order chi connectivity index (χ1) is 8.21. The van der Waals surface area contributed by atoms with E-state index in [1.54, 1.807) is 11.8 Å². The Bertz CT molecular complexity index is 278. The van der Waals surface area contributed by atoms with Gasteiger partial charge in [-0.25, -0.2) is 4.79 Å². The van der Waals surface area contributed by atoms with Crippen LogP contribution in [0.5, 0.6) is 0 Å². The van der Waals surface area contributed by atoms with E-state index in [0.717, 1.165) is 25.9 Å². The number of aliphatic hydroxyl groups excluding tert-OH is 1. The smallest absolute Gasteiger partial charge is 0.407 e. The van der Waals surface area contributed by atoms with Crippen molar-refractivity contribution in [3.63, 3.8) is 0 Å². The van der Waals surface area contributed by atoms with E-state index >= 15 is 0 Å². The van der Waals surface area contributed by atoms with Crippen LogP contribution in [0.1, 0.15) is 40.5 Å². The molecule has 5 nitrogen and oxygen atoms in total. The Hall–Kier alpha value is -0.810. The molecule has 1 unspecified atom stereocenters. The molecule has 1 amide bonds. The predicted molar refractivity (Wildman–Crippen MR) is 70.8 cm³/mol. The molecule has 0 aromatic rings. The normalized spacial score (nSPS) is 20.7. The van der Waals surface area contributed by atoms with Gasteiger partial charge < -0.3 is 20.0 Å². The first-order valence-corrected chi connectivity index (χ1v) is 6.64. The Morgan fingerprint density at radius 3 is 2.22 bits per heavy atom. The molecule has 0 aliphatic carbocycles. The molecule has 1 saturated heterocycles. The lowest BCUT2D eigenvalue weighted by Crippen LogP contribution is -2.55. The maximum absolute atomic E-state index is 11.4. The third-order valence-electron chi connectivity index (χ3n) is 3.37. The van der Waals surface area contributed by atoms with E-state index in [4.69, 9.17) is 0 Å².